The van der Waals surface area contributed by atoms with Gasteiger partial charge in [0.2, 0.25) is 5.91 Å². The smallest absolute Gasteiger partial charge is 0.314 e. The molecule has 1 aromatic carbocycles. The monoisotopic (exact) mass is 379 g/mol. The SMILES string of the molecule is CCCNC(=O)NCC1CCC(CNC(=O)Cc2ccc(Cl)cc2)CC1. The van der Waals surface area contributed by atoms with E-state index in [4.69, 9.17) is 11.6 Å². The van der Waals surface area contributed by atoms with Crippen LogP contribution < -0.4 is 16.0 Å². The van der Waals surface area contributed by atoms with E-state index < -0.39 is 0 Å². The van der Waals surface area contributed by atoms with Crippen LogP contribution in [0.5, 0.6) is 0 Å². The van der Waals surface area contributed by atoms with Crippen LogP contribution in [-0.2, 0) is 11.2 Å². The summed E-state index contributed by atoms with van der Waals surface area (Å²) in [6.45, 7) is 4.23. The van der Waals surface area contributed by atoms with Crippen molar-refractivity contribution in [1.82, 2.24) is 16.0 Å². The summed E-state index contributed by atoms with van der Waals surface area (Å²) in [5.41, 5.74) is 0.975. The largest absolute Gasteiger partial charge is 0.356 e. The topological polar surface area (TPSA) is 70.2 Å². The summed E-state index contributed by atoms with van der Waals surface area (Å²) in [6, 6.07) is 7.32. The van der Waals surface area contributed by atoms with Crippen molar-refractivity contribution < 1.29 is 9.59 Å². The van der Waals surface area contributed by atoms with Crippen molar-refractivity contribution in [3.05, 3.63) is 34.9 Å². The van der Waals surface area contributed by atoms with Crippen LogP contribution in [0.3, 0.4) is 0 Å². The van der Waals surface area contributed by atoms with Gasteiger partial charge in [-0.15, -0.1) is 0 Å². The maximum Gasteiger partial charge on any atom is 0.314 e. The van der Waals surface area contributed by atoms with Crippen LogP contribution in [0.25, 0.3) is 0 Å². The van der Waals surface area contributed by atoms with Gasteiger partial charge in [-0.3, -0.25) is 4.79 Å². The van der Waals surface area contributed by atoms with Crippen molar-refractivity contribution in [3.63, 3.8) is 0 Å². The van der Waals surface area contributed by atoms with Gasteiger partial charge in [0.1, 0.15) is 0 Å². The molecule has 0 spiro atoms. The molecule has 144 valence electrons. The number of urea groups is 1. The maximum atomic E-state index is 12.1. The van der Waals surface area contributed by atoms with E-state index in [0.717, 1.165) is 50.8 Å². The molecule has 0 saturated heterocycles. The van der Waals surface area contributed by atoms with Gasteiger partial charge in [-0.25, -0.2) is 4.79 Å². The number of rotatable bonds is 8. The average Bonchev–Trinajstić information content (AvgIpc) is 2.65. The lowest BCUT2D eigenvalue weighted by Crippen LogP contribution is -2.39. The zero-order valence-electron chi connectivity index (χ0n) is 15.5. The third-order valence-electron chi connectivity index (χ3n) is 4.92. The predicted molar refractivity (Wildman–Crippen MR) is 105 cm³/mol. The average molecular weight is 380 g/mol. The highest BCUT2D eigenvalue weighted by molar-refractivity contribution is 6.30. The van der Waals surface area contributed by atoms with Gasteiger partial charge < -0.3 is 16.0 Å². The minimum Gasteiger partial charge on any atom is -0.356 e. The number of nitrogens with one attached hydrogen (secondary N) is 3. The van der Waals surface area contributed by atoms with Crippen molar-refractivity contribution in [2.75, 3.05) is 19.6 Å². The van der Waals surface area contributed by atoms with E-state index in [2.05, 4.69) is 16.0 Å². The van der Waals surface area contributed by atoms with Crippen LogP contribution in [0, 0.1) is 11.8 Å². The molecule has 6 heteroatoms. The fourth-order valence-electron chi connectivity index (χ4n) is 3.29. The lowest BCUT2D eigenvalue weighted by molar-refractivity contribution is -0.120. The van der Waals surface area contributed by atoms with Crippen molar-refractivity contribution >= 4 is 23.5 Å². The molecule has 2 rings (SSSR count). The predicted octanol–water partition coefficient (Wildman–Crippen LogP) is 3.51. The first-order valence-electron chi connectivity index (χ1n) is 9.59. The fourth-order valence-corrected chi connectivity index (χ4v) is 3.41. The molecule has 3 N–H and O–H groups in total. The summed E-state index contributed by atoms with van der Waals surface area (Å²) in [7, 11) is 0. The molecule has 0 aliphatic heterocycles. The summed E-state index contributed by atoms with van der Waals surface area (Å²) in [6.07, 6.45) is 5.75. The Kier molecular flexibility index (Phi) is 8.75. The normalized spacial score (nSPS) is 19.6. The van der Waals surface area contributed by atoms with E-state index in [9.17, 15) is 9.59 Å². The zero-order chi connectivity index (χ0) is 18.8. The van der Waals surface area contributed by atoms with Crippen molar-refractivity contribution in [2.24, 2.45) is 11.8 Å². The highest BCUT2D eigenvalue weighted by Gasteiger charge is 2.22. The molecule has 0 atom stereocenters. The number of hydrogen-bond acceptors (Lipinski definition) is 2. The number of amides is 3. The zero-order valence-corrected chi connectivity index (χ0v) is 16.3. The van der Waals surface area contributed by atoms with Crippen LogP contribution in [0.1, 0.15) is 44.6 Å². The molecule has 1 fully saturated rings. The lowest BCUT2D eigenvalue weighted by atomic mass is 9.82. The Labute approximate surface area is 161 Å². The first kappa shape index (κ1) is 20.6. The molecular formula is C20H30ClN3O2. The fraction of sp³-hybridized carbons (Fsp3) is 0.600. The minimum absolute atomic E-state index is 0.0590. The number of halogens is 1. The number of benzene rings is 1. The van der Waals surface area contributed by atoms with Gasteiger partial charge in [0.25, 0.3) is 0 Å². The second-order valence-electron chi connectivity index (χ2n) is 7.13. The second-order valence-corrected chi connectivity index (χ2v) is 7.57. The Hall–Kier alpha value is -1.75. The summed E-state index contributed by atoms with van der Waals surface area (Å²) >= 11 is 5.86. The molecule has 0 heterocycles. The summed E-state index contributed by atoms with van der Waals surface area (Å²) in [4.78, 5) is 23.6. The molecule has 1 aliphatic rings. The summed E-state index contributed by atoms with van der Waals surface area (Å²) < 4.78 is 0. The highest BCUT2D eigenvalue weighted by Crippen LogP contribution is 2.27. The highest BCUT2D eigenvalue weighted by atomic mass is 35.5. The lowest BCUT2D eigenvalue weighted by Gasteiger charge is -2.28. The summed E-state index contributed by atoms with van der Waals surface area (Å²) in [5, 5.41) is 9.52. The molecule has 5 nitrogen and oxygen atoms in total. The Morgan fingerprint density at radius 3 is 2.12 bits per heavy atom. The standard InChI is InChI=1S/C20H30ClN3O2/c1-2-11-22-20(26)24-14-17-5-3-16(4-6-17)13-23-19(25)12-15-7-9-18(21)10-8-15/h7-10,16-17H,2-6,11-14H2,1H3,(H,23,25)(H2,22,24,26). The number of carbonyl (C=O) groups excluding carboxylic acids is 2. The molecule has 0 unspecified atom stereocenters. The first-order valence-corrected chi connectivity index (χ1v) is 9.97. The van der Waals surface area contributed by atoms with Crippen LogP contribution in [-0.4, -0.2) is 31.6 Å². The molecular weight excluding hydrogens is 350 g/mol. The van der Waals surface area contributed by atoms with E-state index in [1.807, 2.05) is 31.2 Å². The first-order chi connectivity index (χ1) is 12.6. The molecule has 26 heavy (non-hydrogen) atoms. The van der Waals surface area contributed by atoms with Gasteiger partial charge >= 0.3 is 6.03 Å². The van der Waals surface area contributed by atoms with Crippen LogP contribution in [0.4, 0.5) is 4.79 Å². The quantitative estimate of drug-likeness (QED) is 0.646. The van der Waals surface area contributed by atoms with E-state index in [0.29, 0.717) is 29.8 Å². The van der Waals surface area contributed by atoms with Crippen LogP contribution in [0.15, 0.2) is 24.3 Å². The van der Waals surface area contributed by atoms with Crippen LogP contribution >= 0.6 is 11.6 Å². The molecule has 1 saturated carbocycles. The van der Waals surface area contributed by atoms with Gasteiger partial charge in [-0.2, -0.15) is 0 Å². The Bertz CT molecular complexity index is 569. The van der Waals surface area contributed by atoms with Gasteiger partial charge in [0.15, 0.2) is 0 Å². The molecule has 0 radical (unpaired) electrons. The molecule has 0 bridgehead atoms. The Balaban J connectivity index is 1.59. The van der Waals surface area contributed by atoms with Crippen molar-refractivity contribution in [3.8, 4) is 0 Å². The van der Waals surface area contributed by atoms with E-state index >= 15 is 0 Å². The molecule has 1 aromatic rings. The second kappa shape index (κ2) is 11.1. The third kappa shape index (κ3) is 7.65. The van der Waals surface area contributed by atoms with Gasteiger partial charge in [0, 0.05) is 24.7 Å². The van der Waals surface area contributed by atoms with Crippen LogP contribution in [0.2, 0.25) is 5.02 Å². The third-order valence-corrected chi connectivity index (χ3v) is 5.17. The number of hydrogen-bond donors (Lipinski definition) is 3. The number of carbonyl (C=O) groups is 2. The van der Waals surface area contributed by atoms with Crippen molar-refractivity contribution in [1.29, 1.82) is 0 Å². The molecule has 0 aromatic heterocycles. The maximum absolute atomic E-state index is 12.1. The van der Waals surface area contributed by atoms with Crippen molar-refractivity contribution in [2.45, 2.75) is 45.4 Å². The molecule has 1 aliphatic carbocycles. The summed E-state index contributed by atoms with van der Waals surface area (Å²) in [5.74, 6) is 1.14. The Morgan fingerprint density at radius 1 is 0.962 bits per heavy atom. The van der Waals surface area contributed by atoms with Gasteiger partial charge in [-0.05, 0) is 61.6 Å². The van der Waals surface area contributed by atoms with E-state index in [1.54, 1.807) is 0 Å². The molecule has 3 amide bonds. The van der Waals surface area contributed by atoms with Gasteiger partial charge in [-0.1, -0.05) is 30.7 Å². The minimum atomic E-state index is -0.0663. The van der Waals surface area contributed by atoms with E-state index in [1.165, 1.54) is 0 Å². The Morgan fingerprint density at radius 2 is 1.54 bits per heavy atom. The van der Waals surface area contributed by atoms with Gasteiger partial charge in [0.05, 0.1) is 6.42 Å². The van der Waals surface area contributed by atoms with E-state index in [-0.39, 0.29) is 11.9 Å².